The average molecular weight is 300 g/mol. The highest BCUT2D eigenvalue weighted by molar-refractivity contribution is 7.89. The van der Waals surface area contributed by atoms with E-state index < -0.39 is 10.0 Å². The van der Waals surface area contributed by atoms with E-state index >= 15 is 0 Å². The van der Waals surface area contributed by atoms with Crippen molar-refractivity contribution in [3.05, 3.63) is 18.2 Å². The van der Waals surface area contributed by atoms with Crippen molar-refractivity contribution >= 4 is 15.7 Å². The average Bonchev–Trinajstić information content (AvgIpc) is 3.24. The molecule has 0 heterocycles. The quantitative estimate of drug-likeness (QED) is 0.762. The van der Waals surface area contributed by atoms with Crippen molar-refractivity contribution in [2.75, 3.05) is 33.1 Å². The van der Waals surface area contributed by atoms with Crippen LogP contribution < -0.4 is 10.5 Å². The highest BCUT2D eigenvalue weighted by Crippen LogP contribution is 2.33. The molecule has 6 nitrogen and oxygen atoms in total. The van der Waals surface area contributed by atoms with E-state index in [1.54, 1.807) is 13.2 Å². The van der Waals surface area contributed by atoms with Crippen molar-refractivity contribution in [3.8, 4) is 5.75 Å². The van der Waals surface area contributed by atoms with Gasteiger partial charge in [0.05, 0.1) is 24.3 Å². The van der Waals surface area contributed by atoms with Gasteiger partial charge in [-0.1, -0.05) is 0 Å². The summed E-state index contributed by atoms with van der Waals surface area (Å²) in [5.74, 6) is 0.369. The van der Waals surface area contributed by atoms with Gasteiger partial charge in [-0.2, -0.15) is 4.31 Å². The molecule has 7 heteroatoms. The number of sulfonamides is 1. The van der Waals surface area contributed by atoms with E-state index in [-0.39, 0.29) is 10.9 Å². The first kappa shape index (κ1) is 15.1. The summed E-state index contributed by atoms with van der Waals surface area (Å²) in [4.78, 5) is 0.201. The fourth-order valence-corrected chi connectivity index (χ4v) is 3.72. The van der Waals surface area contributed by atoms with E-state index in [2.05, 4.69) is 0 Å². The van der Waals surface area contributed by atoms with Gasteiger partial charge in [-0.3, -0.25) is 0 Å². The highest BCUT2D eigenvalue weighted by atomic mass is 32.2. The molecule has 2 rings (SSSR count). The molecular formula is C13H20N2O4S. The third-order valence-corrected chi connectivity index (χ3v) is 5.23. The monoisotopic (exact) mass is 300 g/mol. The Morgan fingerprint density at radius 2 is 2.05 bits per heavy atom. The summed E-state index contributed by atoms with van der Waals surface area (Å²) >= 11 is 0. The van der Waals surface area contributed by atoms with Gasteiger partial charge >= 0.3 is 0 Å². The second-order valence-corrected chi connectivity index (χ2v) is 6.63. The van der Waals surface area contributed by atoms with E-state index in [1.807, 2.05) is 0 Å². The molecule has 1 aliphatic carbocycles. The lowest BCUT2D eigenvalue weighted by molar-refractivity contribution is 0.177. The molecule has 1 aliphatic rings. The van der Waals surface area contributed by atoms with Gasteiger partial charge in [0.2, 0.25) is 10.0 Å². The zero-order valence-electron chi connectivity index (χ0n) is 11.7. The van der Waals surface area contributed by atoms with Gasteiger partial charge in [0.1, 0.15) is 5.75 Å². The Hall–Kier alpha value is -1.31. The van der Waals surface area contributed by atoms with E-state index in [0.29, 0.717) is 24.6 Å². The van der Waals surface area contributed by atoms with E-state index in [0.717, 1.165) is 12.8 Å². The van der Waals surface area contributed by atoms with Crippen molar-refractivity contribution in [3.63, 3.8) is 0 Å². The standard InChI is InChI=1S/C13H20N2O4S/c1-18-8-7-15(10-3-4-10)20(16,17)11-5-6-12(14)13(9-11)19-2/h5-6,9-10H,3-4,7-8,14H2,1-2H3. The third kappa shape index (κ3) is 3.05. The fourth-order valence-electron chi connectivity index (χ4n) is 2.03. The van der Waals surface area contributed by atoms with Crippen LogP contribution in [0.25, 0.3) is 0 Å². The lowest BCUT2D eigenvalue weighted by Gasteiger charge is -2.22. The maximum absolute atomic E-state index is 12.7. The summed E-state index contributed by atoms with van der Waals surface area (Å²) in [7, 11) is -0.518. The Bertz CT molecular complexity index is 570. The largest absolute Gasteiger partial charge is 0.495 e. The van der Waals surface area contributed by atoms with Crippen LogP contribution in [0.3, 0.4) is 0 Å². The zero-order chi connectivity index (χ0) is 14.8. The number of nitrogens with two attached hydrogens (primary N) is 1. The smallest absolute Gasteiger partial charge is 0.243 e. The molecule has 0 amide bonds. The van der Waals surface area contributed by atoms with Gasteiger partial charge in [0.25, 0.3) is 0 Å². The summed E-state index contributed by atoms with van der Waals surface area (Å²) < 4.78 is 36.9. The molecule has 2 N–H and O–H groups in total. The van der Waals surface area contributed by atoms with Crippen LogP contribution in [0.4, 0.5) is 5.69 Å². The predicted octanol–water partition coefficient (Wildman–Crippen LogP) is 1.08. The summed E-state index contributed by atoms with van der Waals surface area (Å²) in [6.45, 7) is 0.734. The first-order valence-corrected chi connectivity index (χ1v) is 7.89. The van der Waals surface area contributed by atoms with E-state index in [9.17, 15) is 8.42 Å². The molecule has 0 atom stereocenters. The molecule has 0 unspecified atom stereocenters. The SMILES string of the molecule is COCCN(C1CC1)S(=O)(=O)c1ccc(N)c(OC)c1. The molecule has 0 radical (unpaired) electrons. The highest BCUT2D eigenvalue weighted by Gasteiger charge is 2.37. The number of nitrogens with zero attached hydrogens (tertiary/aromatic N) is 1. The predicted molar refractivity (Wildman–Crippen MR) is 76.2 cm³/mol. The van der Waals surface area contributed by atoms with Crippen molar-refractivity contribution < 1.29 is 17.9 Å². The minimum Gasteiger partial charge on any atom is -0.495 e. The third-order valence-electron chi connectivity index (χ3n) is 3.28. The topological polar surface area (TPSA) is 81.9 Å². The van der Waals surface area contributed by atoms with Gasteiger partial charge in [-0.15, -0.1) is 0 Å². The van der Waals surface area contributed by atoms with Crippen LogP contribution in [0, 0.1) is 0 Å². The van der Waals surface area contributed by atoms with Crippen LogP contribution >= 0.6 is 0 Å². The molecule has 0 saturated heterocycles. The second kappa shape index (κ2) is 5.99. The van der Waals surface area contributed by atoms with E-state index in [1.165, 1.54) is 23.5 Å². The van der Waals surface area contributed by atoms with Gasteiger partial charge in [-0.05, 0) is 25.0 Å². The molecule has 0 spiro atoms. The molecule has 1 aromatic carbocycles. The summed E-state index contributed by atoms with van der Waals surface area (Å²) in [5, 5.41) is 0. The Kier molecular flexibility index (Phi) is 4.52. The molecule has 20 heavy (non-hydrogen) atoms. The second-order valence-electron chi connectivity index (χ2n) is 4.74. The van der Waals surface area contributed by atoms with Gasteiger partial charge in [0.15, 0.2) is 0 Å². The number of nitrogen functional groups attached to an aromatic ring is 1. The Labute approximate surface area is 119 Å². The van der Waals surface area contributed by atoms with Crippen molar-refractivity contribution in [1.29, 1.82) is 0 Å². The van der Waals surface area contributed by atoms with Crippen molar-refractivity contribution in [2.24, 2.45) is 0 Å². The summed E-state index contributed by atoms with van der Waals surface area (Å²) in [5.41, 5.74) is 6.14. The van der Waals surface area contributed by atoms with Crippen molar-refractivity contribution in [1.82, 2.24) is 4.31 Å². The number of benzene rings is 1. The fraction of sp³-hybridized carbons (Fsp3) is 0.538. The number of ether oxygens (including phenoxy) is 2. The maximum atomic E-state index is 12.7. The maximum Gasteiger partial charge on any atom is 0.243 e. The molecule has 0 aliphatic heterocycles. The Morgan fingerprint density at radius 1 is 1.35 bits per heavy atom. The number of hydrogen-bond acceptors (Lipinski definition) is 5. The van der Waals surface area contributed by atoms with Crippen LogP contribution in [0.2, 0.25) is 0 Å². The molecule has 1 fully saturated rings. The molecule has 0 aromatic heterocycles. The van der Waals surface area contributed by atoms with E-state index in [4.69, 9.17) is 15.2 Å². The normalized spacial score (nSPS) is 15.6. The molecule has 1 aromatic rings. The van der Waals surface area contributed by atoms with Gasteiger partial charge in [-0.25, -0.2) is 8.42 Å². The Balaban J connectivity index is 2.32. The Morgan fingerprint density at radius 3 is 2.60 bits per heavy atom. The van der Waals surface area contributed by atoms with Crippen LogP contribution in [0.1, 0.15) is 12.8 Å². The minimum atomic E-state index is -3.54. The lowest BCUT2D eigenvalue weighted by atomic mass is 10.3. The number of anilines is 1. The molecule has 1 saturated carbocycles. The summed E-state index contributed by atoms with van der Waals surface area (Å²) in [6, 6.07) is 4.61. The number of methoxy groups -OCH3 is 2. The first-order chi connectivity index (χ1) is 9.50. The number of hydrogen-bond donors (Lipinski definition) is 1. The minimum absolute atomic E-state index is 0.0821. The van der Waals surface area contributed by atoms with Crippen molar-refractivity contribution in [2.45, 2.75) is 23.8 Å². The zero-order valence-corrected chi connectivity index (χ0v) is 12.5. The molecular weight excluding hydrogens is 280 g/mol. The van der Waals surface area contributed by atoms with Gasteiger partial charge < -0.3 is 15.2 Å². The lowest BCUT2D eigenvalue weighted by Crippen LogP contribution is -2.35. The van der Waals surface area contributed by atoms with Gasteiger partial charge in [0, 0.05) is 25.8 Å². The van der Waals surface area contributed by atoms with Crippen LogP contribution in [-0.4, -0.2) is 46.1 Å². The first-order valence-electron chi connectivity index (χ1n) is 6.45. The van der Waals surface area contributed by atoms with Crippen LogP contribution in [-0.2, 0) is 14.8 Å². The van der Waals surface area contributed by atoms with Crippen LogP contribution in [0.15, 0.2) is 23.1 Å². The molecule has 112 valence electrons. The number of rotatable bonds is 7. The van der Waals surface area contributed by atoms with Crippen LogP contribution in [0.5, 0.6) is 5.75 Å². The molecule has 0 bridgehead atoms. The summed E-state index contributed by atoms with van der Waals surface area (Å²) in [6.07, 6.45) is 1.80.